The minimum atomic E-state index is -0.745. The van der Waals surface area contributed by atoms with Crippen molar-refractivity contribution in [2.75, 3.05) is 5.73 Å². The van der Waals surface area contributed by atoms with Gasteiger partial charge in [0.25, 0.3) is 5.91 Å². The quantitative estimate of drug-likeness (QED) is 0.527. The van der Waals surface area contributed by atoms with Crippen molar-refractivity contribution in [2.45, 2.75) is 0 Å². The monoisotopic (exact) mass is 293 g/mol. The number of benzene rings is 2. The normalized spacial score (nSPS) is 11.3. The van der Waals surface area contributed by atoms with E-state index in [0.29, 0.717) is 16.8 Å². The van der Waals surface area contributed by atoms with Gasteiger partial charge in [0, 0.05) is 22.7 Å². The number of nitrogen functional groups attached to an aromatic ring is 1. The van der Waals surface area contributed by atoms with E-state index in [4.69, 9.17) is 10.2 Å². The van der Waals surface area contributed by atoms with Crippen LogP contribution in [0.4, 0.5) is 5.69 Å². The molecule has 0 saturated heterocycles. The van der Waals surface area contributed by atoms with Gasteiger partial charge in [-0.05, 0) is 30.3 Å². The summed E-state index contributed by atoms with van der Waals surface area (Å²) >= 11 is 0. The molecule has 2 aromatic carbocycles. The van der Waals surface area contributed by atoms with E-state index in [9.17, 15) is 9.59 Å². The standard InChI is InChI=1S/C16H11N3O3/c17-11-4-2-6-13-14(11)22-16(21)19(13)15(20)10-3-1-5-12-9(10)7-8-18-12/h1-8,18H,17H2. The summed E-state index contributed by atoms with van der Waals surface area (Å²) < 4.78 is 6.13. The molecule has 2 heterocycles. The molecule has 0 atom stereocenters. The van der Waals surface area contributed by atoms with Crippen molar-refractivity contribution in [1.82, 2.24) is 9.55 Å². The van der Waals surface area contributed by atoms with Crippen LogP contribution < -0.4 is 11.5 Å². The Morgan fingerprint density at radius 1 is 1.14 bits per heavy atom. The van der Waals surface area contributed by atoms with Crippen molar-refractivity contribution in [3.63, 3.8) is 0 Å². The SMILES string of the molecule is Nc1cccc2c1oc(=O)n2C(=O)c1cccc2[nH]ccc12. The minimum absolute atomic E-state index is 0.224. The Kier molecular flexibility index (Phi) is 2.47. The van der Waals surface area contributed by atoms with Crippen LogP contribution in [0.5, 0.6) is 0 Å². The molecule has 4 aromatic rings. The molecule has 4 rings (SSSR count). The minimum Gasteiger partial charge on any atom is -0.405 e. The predicted molar refractivity (Wildman–Crippen MR) is 82.9 cm³/mol. The van der Waals surface area contributed by atoms with Crippen LogP contribution in [0, 0.1) is 0 Å². The number of aromatic amines is 1. The van der Waals surface area contributed by atoms with Crippen LogP contribution in [-0.4, -0.2) is 15.5 Å². The smallest absolute Gasteiger partial charge is 0.405 e. The van der Waals surface area contributed by atoms with Crippen LogP contribution in [0.3, 0.4) is 0 Å². The molecule has 0 amide bonds. The van der Waals surface area contributed by atoms with Gasteiger partial charge in [-0.1, -0.05) is 12.1 Å². The highest BCUT2D eigenvalue weighted by molar-refractivity contribution is 6.10. The number of hydrogen-bond acceptors (Lipinski definition) is 4. The Morgan fingerprint density at radius 2 is 1.95 bits per heavy atom. The molecule has 3 N–H and O–H groups in total. The Balaban J connectivity index is 2.02. The first kappa shape index (κ1) is 12.5. The maximum atomic E-state index is 12.8. The first-order chi connectivity index (χ1) is 10.7. The fourth-order valence-electron chi connectivity index (χ4n) is 2.65. The van der Waals surface area contributed by atoms with E-state index >= 15 is 0 Å². The second-order valence-electron chi connectivity index (χ2n) is 4.95. The van der Waals surface area contributed by atoms with Gasteiger partial charge < -0.3 is 15.1 Å². The van der Waals surface area contributed by atoms with Crippen molar-refractivity contribution >= 4 is 33.6 Å². The average molecular weight is 293 g/mol. The van der Waals surface area contributed by atoms with E-state index in [1.807, 2.05) is 6.07 Å². The summed E-state index contributed by atoms with van der Waals surface area (Å²) in [6.45, 7) is 0. The molecule has 108 valence electrons. The summed E-state index contributed by atoms with van der Waals surface area (Å²) in [4.78, 5) is 27.9. The molecule has 0 bridgehead atoms. The third-order valence-corrected chi connectivity index (χ3v) is 3.67. The number of nitrogens with one attached hydrogen (secondary N) is 1. The van der Waals surface area contributed by atoms with Crippen LogP contribution in [0.2, 0.25) is 0 Å². The Hall–Kier alpha value is -3.28. The zero-order valence-corrected chi connectivity index (χ0v) is 11.4. The molecular weight excluding hydrogens is 282 g/mol. The molecule has 0 radical (unpaired) electrons. The van der Waals surface area contributed by atoms with E-state index < -0.39 is 11.7 Å². The lowest BCUT2D eigenvalue weighted by molar-refractivity contribution is 0.0958. The van der Waals surface area contributed by atoms with Crippen LogP contribution >= 0.6 is 0 Å². The van der Waals surface area contributed by atoms with Crippen molar-refractivity contribution in [3.8, 4) is 0 Å². The van der Waals surface area contributed by atoms with Gasteiger partial charge in [-0.3, -0.25) is 4.79 Å². The number of nitrogens with zero attached hydrogens (tertiary/aromatic N) is 1. The van der Waals surface area contributed by atoms with Crippen molar-refractivity contribution in [1.29, 1.82) is 0 Å². The van der Waals surface area contributed by atoms with Crippen molar-refractivity contribution in [3.05, 3.63) is 64.8 Å². The van der Waals surface area contributed by atoms with Gasteiger partial charge in [-0.25, -0.2) is 9.36 Å². The summed E-state index contributed by atoms with van der Waals surface area (Å²) in [5.41, 5.74) is 7.94. The number of aromatic nitrogens is 2. The molecule has 0 aliphatic heterocycles. The van der Waals surface area contributed by atoms with Crippen LogP contribution in [0.15, 0.2) is 57.9 Å². The number of para-hydroxylation sites is 1. The Labute approximate surface area is 123 Å². The topological polar surface area (TPSA) is 94.0 Å². The molecule has 22 heavy (non-hydrogen) atoms. The van der Waals surface area contributed by atoms with E-state index in [1.165, 1.54) is 0 Å². The average Bonchev–Trinajstić information content (AvgIpc) is 3.10. The lowest BCUT2D eigenvalue weighted by Gasteiger charge is -2.03. The molecule has 0 spiro atoms. The summed E-state index contributed by atoms with van der Waals surface area (Å²) in [5.74, 6) is -1.19. The number of carbonyl (C=O) groups is 1. The fourth-order valence-corrected chi connectivity index (χ4v) is 2.65. The summed E-state index contributed by atoms with van der Waals surface area (Å²) in [6, 6.07) is 12.0. The molecule has 0 unspecified atom stereocenters. The zero-order valence-electron chi connectivity index (χ0n) is 11.4. The van der Waals surface area contributed by atoms with Crippen molar-refractivity contribution in [2.24, 2.45) is 0 Å². The number of oxazole rings is 1. The van der Waals surface area contributed by atoms with Crippen LogP contribution in [-0.2, 0) is 0 Å². The third-order valence-electron chi connectivity index (χ3n) is 3.67. The highest BCUT2D eigenvalue weighted by Gasteiger charge is 2.20. The molecule has 0 fully saturated rings. The molecule has 0 aliphatic rings. The number of carbonyl (C=O) groups excluding carboxylic acids is 1. The Bertz CT molecular complexity index is 1080. The molecule has 0 saturated carbocycles. The predicted octanol–water partition coefficient (Wildman–Crippen LogP) is 2.35. The Morgan fingerprint density at radius 3 is 2.82 bits per heavy atom. The van der Waals surface area contributed by atoms with E-state index in [0.717, 1.165) is 15.5 Å². The van der Waals surface area contributed by atoms with Crippen molar-refractivity contribution < 1.29 is 9.21 Å². The van der Waals surface area contributed by atoms with Crippen LogP contribution in [0.25, 0.3) is 22.0 Å². The second kappa shape index (κ2) is 4.36. The van der Waals surface area contributed by atoms with Gasteiger partial charge in [-0.15, -0.1) is 0 Å². The summed E-state index contributed by atoms with van der Waals surface area (Å²) in [6.07, 6.45) is 1.75. The molecule has 6 heteroatoms. The molecular formula is C16H11N3O3. The maximum absolute atomic E-state index is 12.8. The maximum Gasteiger partial charge on any atom is 0.427 e. The first-order valence-electron chi connectivity index (χ1n) is 6.67. The van der Waals surface area contributed by atoms with E-state index in [2.05, 4.69) is 4.98 Å². The number of anilines is 1. The number of H-pyrrole nitrogens is 1. The highest BCUT2D eigenvalue weighted by atomic mass is 16.4. The highest BCUT2D eigenvalue weighted by Crippen LogP contribution is 2.23. The van der Waals surface area contributed by atoms with Crippen LogP contribution in [0.1, 0.15) is 10.4 Å². The van der Waals surface area contributed by atoms with Gasteiger partial charge in [-0.2, -0.15) is 0 Å². The summed E-state index contributed by atoms with van der Waals surface area (Å²) in [5, 5.41) is 0.748. The molecule has 2 aromatic heterocycles. The number of rotatable bonds is 1. The van der Waals surface area contributed by atoms with Gasteiger partial charge in [0.1, 0.15) is 5.52 Å². The lowest BCUT2D eigenvalue weighted by Crippen LogP contribution is -2.23. The third kappa shape index (κ3) is 1.61. The largest absolute Gasteiger partial charge is 0.427 e. The number of fused-ring (bicyclic) bond motifs is 2. The van der Waals surface area contributed by atoms with Gasteiger partial charge >= 0.3 is 5.76 Å². The lowest BCUT2D eigenvalue weighted by atomic mass is 10.1. The fraction of sp³-hybridized carbons (Fsp3) is 0. The first-order valence-corrected chi connectivity index (χ1v) is 6.67. The summed E-state index contributed by atoms with van der Waals surface area (Å²) in [7, 11) is 0. The van der Waals surface area contributed by atoms with E-state index in [-0.39, 0.29) is 5.58 Å². The molecule has 6 nitrogen and oxygen atoms in total. The molecule has 0 aliphatic carbocycles. The zero-order chi connectivity index (χ0) is 15.3. The second-order valence-corrected chi connectivity index (χ2v) is 4.95. The van der Waals surface area contributed by atoms with E-state index in [1.54, 1.807) is 42.6 Å². The van der Waals surface area contributed by atoms with Gasteiger partial charge in [0.15, 0.2) is 5.58 Å². The van der Waals surface area contributed by atoms with Gasteiger partial charge in [0.05, 0.1) is 5.69 Å². The van der Waals surface area contributed by atoms with Gasteiger partial charge in [0.2, 0.25) is 0 Å². The number of nitrogens with two attached hydrogens (primary N) is 1. The number of hydrogen-bond donors (Lipinski definition) is 2.